The number of amides is 1. The summed E-state index contributed by atoms with van der Waals surface area (Å²) >= 11 is 0. The van der Waals surface area contributed by atoms with Crippen LogP contribution in [0.1, 0.15) is 28.5 Å². The summed E-state index contributed by atoms with van der Waals surface area (Å²) in [6, 6.07) is 12.3. The molecule has 0 aliphatic carbocycles. The molecule has 7 nitrogen and oxygen atoms in total. The van der Waals surface area contributed by atoms with Gasteiger partial charge in [0.25, 0.3) is 11.5 Å². The number of nitrogens with one attached hydrogen (secondary N) is 1. The molecule has 2 aromatic carbocycles. The van der Waals surface area contributed by atoms with Gasteiger partial charge in [-0.25, -0.2) is 9.48 Å². The molecule has 1 heterocycles. The number of esters is 1. The maximum absolute atomic E-state index is 12.6. The van der Waals surface area contributed by atoms with Crippen LogP contribution in [0.25, 0.3) is 10.8 Å². The number of anilines is 1. The summed E-state index contributed by atoms with van der Waals surface area (Å²) < 4.78 is 6.39. The fraction of sp³-hybridized carbons (Fsp3) is 0.238. The zero-order valence-corrected chi connectivity index (χ0v) is 16.1. The molecule has 144 valence electrons. The second kappa shape index (κ2) is 7.64. The normalized spacial score (nSPS) is 11.9. The van der Waals surface area contributed by atoms with Crippen LogP contribution in [-0.4, -0.2) is 27.8 Å². The molecule has 1 atom stereocenters. The number of ether oxygens (including phenoxy) is 1. The van der Waals surface area contributed by atoms with E-state index in [1.54, 1.807) is 30.3 Å². The van der Waals surface area contributed by atoms with Crippen LogP contribution in [0.3, 0.4) is 0 Å². The highest BCUT2D eigenvalue weighted by Crippen LogP contribution is 2.18. The molecule has 3 aromatic rings. The van der Waals surface area contributed by atoms with Gasteiger partial charge in [0.05, 0.1) is 5.39 Å². The van der Waals surface area contributed by atoms with Crippen LogP contribution in [-0.2, 0) is 16.6 Å². The van der Waals surface area contributed by atoms with Crippen molar-refractivity contribution in [3.05, 3.63) is 69.6 Å². The van der Waals surface area contributed by atoms with Crippen molar-refractivity contribution in [1.82, 2.24) is 9.78 Å². The van der Waals surface area contributed by atoms with Gasteiger partial charge in [-0.2, -0.15) is 5.10 Å². The number of carbonyl (C=O) groups excluding carboxylic acids is 2. The van der Waals surface area contributed by atoms with Gasteiger partial charge in [-0.15, -0.1) is 0 Å². The zero-order chi connectivity index (χ0) is 20.4. The number of nitrogens with zero attached hydrogens (tertiary/aromatic N) is 2. The lowest BCUT2D eigenvalue weighted by atomic mass is 10.1. The molecule has 1 amide bonds. The Bertz CT molecular complexity index is 1130. The average Bonchev–Trinajstić information content (AvgIpc) is 2.66. The van der Waals surface area contributed by atoms with Crippen molar-refractivity contribution in [3.63, 3.8) is 0 Å². The van der Waals surface area contributed by atoms with Gasteiger partial charge in [0, 0.05) is 18.1 Å². The molecule has 0 fully saturated rings. The molecule has 0 saturated carbocycles. The number of rotatable bonds is 4. The van der Waals surface area contributed by atoms with E-state index < -0.39 is 18.0 Å². The summed E-state index contributed by atoms with van der Waals surface area (Å²) in [6.45, 7) is 5.34. The molecular formula is C21H21N3O4. The third-order valence-electron chi connectivity index (χ3n) is 4.44. The summed E-state index contributed by atoms with van der Waals surface area (Å²) in [7, 11) is 1.46. The maximum atomic E-state index is 12.6. The van der Waals surface area contributed by atoms with Crippen LogP contribution >= 0.6 is 0 Å². The Morgan fingerprint density at radius 1 is 1.11 bits per heavy atom. The lowest BCUT2D eigenvalue weighted by molar-refractivity contribution is -0.123. The number of fused-ring (bicyclic) bond motifs is 1. The standard InChI is InChI=1S/C21H21N3O4/c1-12-9-10-17(13(2)11-12)22-19(25)14(3)28-21(27)18-15-7-5-6-8-16(15)20(26)24(4)23-18/h5-11,14H,1-4H3,(H,22,25)/t14-/m1/s1. The third kappa shape index (κ3) is 3.78. The summed E-state index contributed by atoms with van der Waals surface area (Å²) in [5.74, 6) is -1.22. The van der Waals surface area contributed by atoms with Crippen LogP contribution in [0.2, 0.25) is 0 Å². The molecule has 0 aliphatic rings. The first kappa shape index (κ1) is 19.3. The van der Waals surface area contributed by atoms with E-state index >= 15 is 0 Å². The number of benzene rings is 2. The van der Waals surface area contributed by atoms with E-state index in [9.17, 15) is 14.4 Å². The van der Waals surface area contributed by atoms with E-state index in [2.05, 4.69) is 10.4 Å². The van der Waals surface area contributed by atoms with E-state index in [4.69, 9.17) is 4.74 Å². The number of hydrogen-bond acceptors (Lipinski definition) is 5. The van der Waals surface area contributed by atoms with Gasteiger partial charge < -0.3 is 10.1 Å². The minimum atomic E-state index is -1.04. The lowest BCUT2D eigenvalue weighted by Crippen LogP contribution is -2.31. The highest BCUT2D eigenvalue weighted by atomic mass is 16.5. The van der Waals surface area contributed by atoms with Crippen LogP contribution in [0, 0.1) is 13.8 Å². The Labute approximate surface area is 161 Å². The Morgan fingerprint density at radius 3 is 2.46 bits per heavy atom. The van der Waals surface area contributed by atoms with Gasteiger partial charge in [-0.05, 0) is 38.5 Å². The Kier molecular flexibility index (Phi) is 5.26. The molecular weight excluding hydrogens is 358 g/mol. The molecule has 3 rings (SSSR count). The van der Waals surface area contributed by atoms with Gasteiger partial charge in [0.15, 0.2) is 11.8 Å². The largest absolute Gasteiger partial charge is 0.448 e. The molecule has 7 heteroatoms. The number of carbonyl (C=O) groups is 2. The van der Waals surface area contributed by atoms with Crippen LogP contribution < -0.4 is 10.9 Å². The van der Waals surface area contributed by atoms with Gasteiger partial charge in [-0.3, -0.25) is 9.59 Å². The topological polar surface area (TPSA) is 90.3 Å². The van der Waals surface area contributed by atoms with Gasteiger partial charge in [-0.1, -0.05) is 35.9 Å². The van der Waals surface area contributed by atoms with E-state index in [0.29, 0.717) is 16.5 Å². The number of aromatic nitrogens is 2. The molecule has 0 spiro atoms. The second-order valence-electron chi connectivity index (χ2n) is 6.68. The predicted octanol–water partition coefficient (Wildman–Crippen LogP) is 2.73. The van der Waals surface area contributed by atoms with Crippen LogP contribution in [0.4, 0.5) is 5.69 Å². The van der Waals surface area contributed by atoms with Crippen molar-refractivity contribution in [2.75, 3.05) is 5.32 Å². The first-order valence-corrected chi connectivity index (χ1v) is 8.83. The van der Waals surface area contributed by atoms with Crippen LogP contribution in [0.15, 0.2) is 47.3 Å². The van der Waals surface area contributed by atoms with Gasteiger partial charge in [0.2, 0.25) is 0 Å². The van der Waals surface area contributed by atoms with Crippen molar-refractivity contribution in [2.45, 2.75) is 26.9 Å². The molecule has 0 aliphatic heterocycles. The Balaban J connectivity index is 1.81. The van der Waals surface area contributed by atoms with Crippen molar-refractivity contribution in [2.24, 2.45) is 7.05 Å². The first-order chi connectivity index (χ1) is 13.3. The minimum absolute atomic E-state index is 0.0103. The second-order valence-corrected chi connectivity index (χ2v) is 6.68. The summed E-state index contributed by atoms with van der Waals surface area (Å²) in [5, 5.41) is 7.53. The monoisotopic (exact) mass is 379 g/mol. The maximum Gasteiger partial charge on any atom is 0.360 e. The van der Waals surface area contributed by atoms with Crippen LogP contribution in [0.5, 0.6) is 0 Å². The molecule has 0 saturated heterocycles. The molecule has 0 radical (unpaired) electrons. The third-order valence-corrected chi connectivity index (χ3v) is 4.44. The highest BCUT2D eigenvalue weighted by molar-refractivity contribution is 6.03. The minimum Gasteiger partial charge on any atom is -0.448 e. The van der Waals surface area contributed by atoms with E-state index in [1.807, 2.05) is 26.0 Å². The lowest BCUT2D eigenvalue weighted by Gasteiger charge is -2.15. The van der Waals surface area contributed by atoms with Gasteiger partial charge in [0.1, 0.15) is 0 Å². The molecule has 1 N–H and O–H groups in total. The zero-order valence-electron chi connectivity index (χ0n) is 16.1. The highest BCUT2D eigenvalue weighted by Gasteiger charge is 2.23. The van der Waals surface area contributed by atoms with Crippen molar-refractivity contribution in [3.8, 4) is 0 Å². The van der Waals surface area contributed by atoms with Crippen molar-refractivity contribution in [1.29, 1.82) is 0 Å². The van der Waals surface area contributed by atoms with E-state index in [0.717, 1.165) is 15.8 Å². The molecule has 0 unspecified atom stereocenters. The summed E-state index contributed by atoms with van der Waals surface area (Å²) in [4.78, 5) is 37.2. The fourth-order valence-electron chi connectivity index (χ4n) is 2.91. The Morgan fingerprint density at radius 2 is 1.79 bits per heavy atom. The number of aryl methyl sites for hydroxylation is 3. The first-order valence-electron chi connectivity index (χ1n) is 8.83. The fourth-order valence-corrected chi connectivity index (χ4v) is 2.91. The van der Waals surface area contributed by atoms with Gasteiger partial charge >= 0.3 is 5.97 Å². The molecule has 1 aromatic heterocycles. The summed E-state index contributed by atoms with van der Waals surface area (Å²) in [6.07, 6.45) is -1.04. The molecule has 28 heavy (non-hydrogen) atoms. The quantitative estimate of drug-likeness (QED) is 0.704. The van der Waals surface area contributed by atoms with Crippen molar-refractivity contribution < 1.29 is 14.3 Å². The molecule has 0 bridgehead atoms. The summed E-state index contributed by atoms with van der Waals surface area (Å²) in [5.41, 5.74) is 2.33. The number of hydrogen-bond donors (Lipinski definition) is 1. The van der Waals surface area contributed by atoms with E-state index in [-0.39, 0.29) is 11.3 Å². The van der Waals surface area contributed by atoms with Crippen molar-refractivity contribution >= 4 is 28.3 Å². The van der Waals surface area contributed by atoms with E-state index in [1.165, 1.54) is 14.0 Å². The smallest absolute Gasteiger partial charge is 0.360 e. The Hall–Kier alpha value is -3.48. The predicted molar refractivity (Wildman–Crippen MR) is 106 cm³/mol. The average molecular weight is 379 g/mol. The SMILES string of the molecule is Cc1ccc(NC(=O)[C@@H](C)OC(=O)c2nn(C)c(=O)c3ccccc23)c(C)c1.